The summed E-state index contributed by atoms with van der Waals surface area (Å²) < 4.78 is 43.7. The Kier molecular flexibility index (Phi) is 3.31. The minimum Gasteiger partial charge on any atom is -0.440 e. The van der Waals surface area contributed by atoms with Crippen LogP contribution in [0.2, 0.25) is 0 Å². The summed E-state index contributed by atoms with van der Waals surface area (Å²) in [7, 11) is 0. The molecule has 0 N–H and O–H groups in total. The number of halogens is 3. The van der Waals surface area contributed by atoms with Crippen LogP contribution in [0.25, 0.3) is 11.5 Å². The average molecular weight is 295 g/mol. The fourth-order valence-corrected chi connectivity index (χ4v) is 2.34. The molecule has 1 saturated carbocycles. The van der Waals surface area contributed by atoms with Gasteiger partial charge in [0.25, 0.3) is 0 Å². The first-order chi connectivity index (χ1) is 9.99. The lowest BCUT2D eigenvalue weighted by Crippen LogP contribution is -2.09. The number of alkyl halides is 3. The minimum atomic E-state index is -4.42. The predicted molar refractivity (Wildman–Crippen MR) is 68.9 cm³/mol. The lowest BCUT2D eigenvalue weighted by atomic mass is 9.83. The van der Waals surface area contributed by atoms with Crippen molar-refractivity contribution in [3.05, 3.63) is 41.3 Å². The highest BCUT2D eigenvalue weighted by Gasteiger charge is 2.31. The highest BCUT2D eigenvalue weighted by atomic mass is 19.4. The van der Waals surface area contributed by atoms with Gasteiger partial charge in [-0.15, -0.1) is 0 Å². The Morgan fingerprint density at radius 2 is 2.05 bits per heavy atom. The molecule has 110 valence electrons. The second-order valence-electron chi connectivity index (χ2n) is 5.09. The molecule has 3 nitrogen and oxygen atoms in total. The zero-order valence-electron chi connectivity index (χ0n) is 11.0. The fraction of sp³-hybridized carbons (Fsp3) is 0.333. The van der Waals surface area contributed by atoms with Gasteiger partial charge in [0.05, 0.1) is 5.56 Å². The second-order valence-corrected chi connectivity index (χ2v) is 5.09. The first-order valence-corrected chi connectivity index (χ1v) is 6.62. The molecule has 1 aromatic heterocycles. The van der Waals surface area contributed by atoms with E-state index in [4.69, 9.17) is 4.42 Å². The maximum Gasteiger partial charge on any atom is 0.416 e. The van der Waals surface area contributed by atoms with E-state index < -0.39 is 11.7 Å². The molecule has 0 unspecified atom stereocenters. The molecule has 0 radical (unpaired) electrons. The van der Waals surface area contributed by atoms with Gasteiger partial charge in [0, 0.05) is 11.5 Å². The third kappa shape index (κ3) is 2.57. The number of aromatic nitrogens is 1. The van der Waals surface area contributed by atoms with Crippen LogP contribution >= 0.6 is 0 Å². The Bertz CT molecular complexity index is 672. The Labute approximate surface area is 118 Å². The van der Waals surface area contributed by atoms with Crippen LogP contribution in [0.3, 0.4) is 0 Å². The SMILES string of the molecule is O=Cc1nc(-c2cccc(C(F)(F)F)c2)oc1C1CCC1. The van der Waals surface area contributed by atoms with E-state index in [0.29, 0.717) is 12.0 Å². The number of aldehydes is 1. The van der Waals surface area contributed by atoms with Gasteiger partial charge in [0.15, 0.2) is 6.29 Å². The summed E-state index contributed by atoms with van der Waals surface area (Å²) in [6.07, 6.45) is -0.945. The third-order valence-corrected chi connectivity index (χ3v) is 3.71. The second kappa shape index (κ2) is 5.02. The van der Waals surface area contributed by atoms with Crippen LogP contribution < -0.4 is 0 Å². The predicted octanol–water partition coefficient (Wildman–Crippen LogP) is 4.44. The monoisotopic (exact) mass is 295 g/mol. The van der Waals surface area contributed by atoms with Crippen molar-refractivity contribution in [3.8, 4) is 11.5 Å². The molecule has 2 aromatic rings. The van der Waals surface area contributed by atoms with E-state index >= 15 is 0 Å². The van der Waals surface area contributed by atoms with E-state index in [1.54, 1.807) is 0 Å². The van der Waals surface area contributed by atoms with Gasteiger partial charge in [-0.25, -0.2) is 4.98 Å². The fourth-order valence-electron chi connectivity index (χ4n) is 2.34. The summed E-state index contributed by atoms with van der Waals surface area (Å²) in [5, 5.41) is 0. The van der Waals surface area contributed by atoms with E-state index in [1.165, 1.54) is 12.1 Å². The maximum atomic E-state index is 12.7. The molecule has 3 rings (SSSR count). The van der Waals surface area contributed by atoms with Crippen molar-refractivity contribution >= 4 is 6.29 Å². The first-order valence-electron chi connectivity index (χ1n) is 6.62. The number of hydrogen-bond acceptors (Lipinski definition) is 3. The van der Waals surface area contributed by atoms with Gasteiger partial charge in [-0.05, 0) is 31.0 Å². The van der Waals surface area contributed by atoms with E-state index in [-0.39, 0.29) is 23.1 Å². The van der Waals surface area contributed by atoms with Gasteiger partial charge in [-0.2, -0.15) is 13.2 Å². The Hall–Kier alpha value is -2.11. The summed E-state index contributed by atoms with van der Waals surface area (Å²) >= 11 is 0. The van der Waals surface area contributed by atoms with Crippen LogP contribution in [-0.2, 0) is 6.18 Å². The van der Waals surface area contributed by atoms with Crippen molar-refractivity contribution < 1.29 is 22.4 Å². The molecule has 1 aliphatic carbocycles. The number of carbonyl (C=O) groups excluding carboxylic acids is 1. The first kappa shape index (κ1) is 13.9. The third-order valence-electron chi connectivity index (χ3n) is 3.71. The lowest BCUT2D eigenvalue weighted by Gasteiger charge is -2.22. The maximum absolute atomic E-state index is 12.7. The lowest BCUT2D eigenvalue weighted by molar-refractivity contribution is -0.137. The largest absolute Gasteiger partial charge is 0.440 e. The average Bonchev–Trinajstić information content (AvgIpc) is 2.80. The van der Waals surface area contributed by atoms with Gasteiger partial charge in [-0.1, -0.05) is 12.5 Å². The van der Waals surface area contributed by atoms with Crippen molar-refractivity contribution in [3.63, 3.8) is 0 Å². The van der Waals surface area contributed by atoms with E-state index in [9.17, 15) is 18.0 Å². The van der Waals surface area contributed by atoms with Crippen LogP contribution in [0.1, 0.15) is 47.0 Å². The van der Waals surface area contributed by atoms with E-state index in [2.05, 4.69) is 4.98 Å². The number of nitrogens with zero attached hydrogens (tertiary/aromatic N) is 1. The van der Waals surface area contributed by atoms with Crippen molar-refractivity contribution in [2.45, 2.75) is 31.4 Å². The molecular formula is C15H12F3NO2. The molecule has 1 aromatic carbocycles. The number of carbonyl (C=O) groups is 1. The van der Waals surface area contributed by atoms with Crippen LogP contribution in [0.15, 0.2) is 28.7 Å². The molecule has 0 amide bonds. The zero-order chi connectivity index (χ0) is 15.0. The number of oxazole rings is 1. The zero-order valence-corrected chi connectivity index (χ0v) is 11.0. The molecule has 6 heteroatoms. The quantitative estimate of drug-likeness (QED) is 0.786. The Morgan fingerprint density at radius 3 is 2.62 bits per heavy atom. The summed E-state index contributed by atoms with van der Waals surface area (Å²) in [4.78, 5) is 15.1. The molecule has 1 fully saturated rings. The van der Waals surface area contributed by atoms with Crippen LogP contribution in [0.4, 0.5) is 13.2 Å². The van der Waals surface area contributed by atoms with Crippen molar-refractivity contribution in [2.75, 3.05) is 0 Å². The smallest absolute Gasteiger partial charge is 0.416 e. The molecule has 0 bridgehead atoms. The normalized spacial score (nSPS) is 15.8. The van der Waals surface area contributed by atoms with Gasteiger partial charge in [-0.3, -0.25) is 4.79 Å². The van der Waals surface area contributed by atoms with Gasteiger partial charge in [0.2, 0.25) is 5.89 Å². The van der Waals surface area contributed by atoms with E-state index in [0.717, 1.165) is 31.4 Å². The highest BCUT2D eigenvalue weighted by molar-refractivity contribution is 5.75. The van der Waals surface area contributed by atoms with Crippen molar-refractivity contribution in [1.82, 2.24) is 4.98 Å². The molecule has 0 aliphatic heterocycles. The summed E-state index contributed by atoms with van der Waals surface area (Å²) in [5.74, 6) is 0.700. The molecule has 0 saturated heterocycles. The summed E-state index contributed by atoms with van der Waals surface area (Å²) in [6.45, 7) is 0. The molecule has 21 heavy (non-hydrogen) atoms. The minimum absolute atomic E-state index is 0.0603. The number of rotatable bonds is 3. The topological polar surface area (TPSA) is 43.1 Å². The van der Waals surface area contributed by atoms with E-state index in [1.807, 2.05) is 0 Å². The van der Waals surface area contributed by atoms with Gasteiger partial charge in [0.1, 0.15) is 11.5 Å². The molecule has 0 spiro atoms. The highest BCUT2D eigenvalue weighted by Crippen LogP contribution is 2.40. The van der Waals surface area contributed by atoms with Crippen molar-refractivity contribution in [1.29, 1.82) is 0 Å². The van der Waals surface area contributed by atoms with Crippen molar-refractivity contribution in [2.24, 2.45) is 0 Å². The Morgan fingerprint density at radius 1 is 1.29 bits per heavy atom. The summed E-state index contributed by atoms with van der Waals surface area (Å²) in [5.41, 5.74) is -0.360. The Balaban J connectivity index is 2.00. The van der Waals surface area contributed by atoms with Crippen LogP contribution in [0.5, 0.6) is 0 Å². The van der Waals surface area contributed by atoms with Crippen LogP contribution in [0, 0.1) is 0 Å². The van der Waals surface area contributed by atoms with Crippen LogP contribution in [-0.4, -0.2) is 11.3 Å². The number of hydrogen-bond donors (Lipinski definition) is 0. The molecular weight excluding hydrogens is 283 g/mol. The summed E-state index contributed by atoms with van der Waals surface area (Å²) in [6, 6.07) is 4.75. The molecule has 0 atom stereocenters. The number of benzene rings is 1. The van der Waals surface area contributed by atoms with Gasteiger partial charge < -0.3 is 4.42 Å². The standard InChI is InChI=1S/C15H12F3NO2/c16-15(17,18)11-6-2-5-10(7-11)14-19-12(8-20)13(21-14)9-3-1-4-9/h2,5-9H,1,3-4H2. The molecule has 1 aliphatic rings. The van der Waals surface area contributed by atoms with Gasteiger partial charge >= 0.3 is 6.18 Å². The molecule has 1 heterocycles.